The highest BCUT2D eigenvalue weighted by Gasteiger charge is 2.12. The summed E-state index contributed by atoms with van der Waals surface area (Å²) >= 11 is 3.20. The molecular weight excluding hydrogens is 328 g/mol. The van der Waals surface area contributed by atoms with E-state index in [9.17, 15) is 14.9 Å². The number of halogens is 1. The zero-order valence-electron chi connectivity index (χ0n) is 10.1. The van der Waals surface area contributed by atoms with Gasteiger partial charge in [-0.25, -0.2) is 4.79 Å². The Balaban J connectivity index is 2.11. The van der Waals surface area contributed by atoms with Gasteiger partial charge in [-0.05, 0) is 34.1 Å². The Labute approximate surface area is 122 Å². The largest absolute Gasteiger partial charge is 0.417 e. The number of non-ortho nitro benzene ring substituents is 1. The van der Waals surface area contributed by atoms with E-state index in [2.05, 4.69) is 21.2 Å². The van der Waals surface area contributed by atoms with Crippen molar-refractivity contribution in [2.24, 2.45) is 0 Å². The molecule has 0 saturated heterocycles. The van der Waals surface area contributed by atoms with E-state index in [4.69, 9.17) is 4.74 Å². The first-order valence-corrected chi connectivity index (χ1v) is 6.33. The van der Waals surface area contributed by atoms with Gasteiger partial charge in [0.15, 0.2) is 0 Å². The number of ether oxygens (including phenoxy) is 1. The number of carbonyl (C=O) groups excluding carboxylic acids is 1. The maximum Gasteiger partial charge on any atom is 0.417 e. The van der Waals surface area contributed by atoms with Crippen LogP contribution in [0.1, 0.15) is 0 Å². The molecule has 1 N–H and O–H groups in total. The SMILES string of the molecule is O=C(Nc1cc([N+](=O)[O-])ccc1Br)Oc1ccccc1. The number of anilines is 1. The van der Waals surface area contributed by atoms with Crippen molar-refractivity contribution in [2.45, 2.75) is 0 Å². The summed E-state index contributed by atoms with van der Waals surface area (Å²) in [6.45, 7) is 0. The van der Waals surface area contributed by atoms with Crippen molar-refractivity contribution in [3.63, 3.8) is 0 Å². The lowest BCUT2D eigenvalue weighted by Crippen LogP contribution is -2.17. The van der Waals surface area contributed by atoms with Gasteiger partial charge in [-0.15, -0.1) is 0 Å². The number of amides is 1. The molecule has 20 heavy (non-hydrogen) atoms. The lowest BCUT2D eigenvalue weighted by atomic mass is 10.3. The van der Waals surface area contributed by atoms with Gasteiger partial charge < -0.3 is 4.74 Å². The van der Waals surface area contributed by atoms with Gasteiger partial charge in [0.25, 0.3) is 5.69 Å². The van der Waals surface area contributed by atoms with E-state index in [1.54, 1.807) is 30.3 Å². The molecule has 0 fully saturated rings. The molecule has 2 aromatic carbocycles. The molecule has 6 nitrogen and oxygen atoms in total. The molecule has 0 unspecified atom stereocenters. The molecule has 1 amide bonds. The Morgan fingerprint density at radius 2 is 1.90 bits per heavy atom. The molecule has 0 spiro atoms. The van der Waals surface area contributed by atoms with Crippen LogP contribution in [0.3, 0.4) is 0 Å². The number of rotatable bonds is 3. The van der Waals surface area contributed by atoms with E-state index >= 15 is 0 Å². The minimum absolute atomic E-state index is 0.122. The van der Waals surface area contributed by atoms with Gasteiger partial charge in [-0.3, -0.25) is 15.4 Å². The summed E-state index contributed by atoms with van der Waals surface area (Å²) in [5.74, 6) is 0.381. The normalized spacial score (nSPS) is 9.85. The Morgan fingerprint density at radius 1 is 1.20 bits per heavy atom. The average molecular weight is 337 g/mol. The second-order valence-corrected chi connectivity index (χ2v) is 4.60. The van der Waals surface area contributed by atoms with Crippen molar-refractivity contribution < 1.29 is 14.5 Å². The van der Waals surface area contributed by atoms with Crippen LogP contribution in [0.4, 0.5) is 16.2 Å². The van der Waals surface area contributed by atoms with Gasteiger partial charge in [0, 0.05) is 16.6 Å². The summed E-state index contributed by atoms with van der Waals surface area (Å²) in [5.41, 5.74) is 0.142. The topological polar surface area (TPSA) is 81.5 Å². The van der Waals surface area contributed by atoms with Crippen LogP contribution in [0.25, 0.3) is 0 Å². The molecule has 0 saturated carbocycles. The average Bonchev–Trinajstić information content (AvgIpc) is 2.42. The third kappa shape index (κ3) is 3.55. The molecule has 2 rings (SSSR count). The van der Waals surface area contributed by atoms with Crippen LogP contribution in [0, 0.1) is 10.1 Å². The molecule has 0 aromatic heterocycles. The van der Waals surface area contributed by atoms with Crippen LogP contribution >= 0.6 is 15.9 Å². The Morgan fingerprint density at radius 3 is 2.55 bits per heavy atom. The summed E-state index contributed by atoms with van der Waals surface area (Å²) in [6, 6.07) is 12.6. The van der Waals surface area contributed by atoms with Crippen molar-refractivity contribution in [2.75, 3.05) is 5.32 Å². The van der Waals surface area contributed by atoms with E-state index in [1.165, 1.54) is 18.2 Å². The van der Waals surface area contributed by atoms with Crippen LogP contribution in [-0.2, 0) is 0 Å². The first-order valence-electron chi connectivity index (χ1n) is 5.54. The zero-order chi connectivity index (χ0) is 14.5. The van der Waals surface area contributed by atoms with Crippen LogP contribution < -0.4 is 10.1 Å². The van der Waals surface area contributed by atoms with E-state index in [-0.39, 0.29) is 11.4 Å². The van der Waals surface area contributed by atoms with Gasteiger partial charge in [-0.2, -0.15) is 0 Å². The number of benzene rings is 2. The minimum atomic E-state index is -0.725. The summed E-state index contributed by atoms with van der Waals surface area (Å²) in [4.78, 5) is 21.8. The van der Waals surface area contributed by atoms with Gasteiger partial charge in [-0.1, -0.05) is 18.2 Å². The molecule has 2 aromatic rings. The standard InChI is InChI=1S/C13H9BrN2O4/c14-11-7-6-9(16(18)19)8-12(11)15-13(17)20-10-4-2-1-3-5-10/h1-8H,(H,15,17). The number of hydrogen-bond acceptors (Lipinski definition) is 4. The number of carbonyl (C=O) groups is 1. The van der Waals surface area contributed by atoms with Crippen molar-refractivity contribution in [1.82, 2.24) is 0 Å². The molecule has 0 aliphatic carbocycles. The number of hydrogen-bond donors (Lipinski definition) is 1. The van der Waals surface area contributed by atoms with Gasteiger partial charge in [0.05, 0.1) is 10.6 Å². The van der Waals surface area contributed by atoms with Crippen LogP contribution in [0.5, 0.6) is 5.75 Å². The molecule has 0 bridgehead atoms. The van der Waals surface area contributed by atoms with Crippen LogP contribution in [-0.4, -0.2) is 11.0 Å². The second kappa shape index (κ2) is 6.16. The molecule has 0 heterocycles. The Bertz CT molecular complexity index is 646. The molecule has 0 aliphatic rings. The predicted molar refractivity (Wildman–Crippen MR) is 76.9 cm³/mol. The van der Waals surface area contributed by atoms with Crippen molar-refractivity contribution in [1.29, 1.82) is 0 Å². The fourth-order valence-electron chi connectivity index (χ4n) is 1.45. The summed E-state index contributed by atoms with van der Waals surface area (Å²) in [5, 5.41) is 13.1. The lowest BCUT2D eigenvalue weighted by Gasteiger charge is -2.08. The molecule has 102 valence electrons. The minimum Gasteiger partial charge on any atom is -0.410 e. The van der Waals surface area contributed by atoms with E-state index in [1.807, 2.05) is 0 Å². The first kappa shape index (κ1) is 14.0. The molecule has 7 heteroatoms. The fourth-order valence-corrected chi connectivity index (χ4v) is 1.80. The molecule has 0 radical (unpaired) electrons. The predicted octanol–water partition coefficient (Wildman–Crippen LogP) is 3.97. The maximum atomic E-state index is 11.7. The Kier molecular flexibility index (Phi) is 4.31. The highest BCUT2D eigenvalue weighted by atomic mass is 79.9. The second-order valence-electron chi connectivity index (χ2n) is 3.75. The summed E-state index contributed by atoms with van der Waals surface area (Å²) < 4.78 is 5.55. The van der Waals surface area contributed by atoms with Gasteiger partial charge >= 0.3 is 6.09 Å². The highest BCUT2D eigenvalue weighted by molar-refractivity contribution is 9.10. The zero-order valence-corrected chi connectivity index (χ0v) is 11.7. The third-order valence-corrected chi connectivity index (χ3v) is 3.04. The smallest absolute Gasteiger partial charge is 0.410 e. The molecule has 0 aliphatic heterocycles. The van der Waals surface area contributed by atoms with Crippen LogP contribution in [0.2, 0.25) is 0 Å². The number of nitrogens with zero attached hydrogens (tertiary/aromatic N) is 1. The Hall–Kier alpha value is -2.41. The van der Waals surface area contributed by atoms with Crippen molar-refractivity contribution in [3.8, 4) is 5.75 Å². The maximum absolute atomic E-state index is 11.7. The van der Waals surface area contributed by atoms with E-state index in [0.717, 1.165) is 0 Å². The van der Waals surface area contributed by atoms with Gasteiger partial charge in [0.1, 0.15) is 5.75 Å². The number of nitrogens with one attached hydrogen (secondary N) is 1. The number of para-hydroxylation sites is 1. The van der Waals surface area contributed by atoms with E-state index < -0.39 is 11.0 Å². The summed E-state index contributed by atoms with van der Waals surface area (Å²) in [7, 11) is 0. The quantitative estimate of drug-likeness (QED) is 0.679. The number of nitro groups is 1. The fraction of sp³-hybridized carbons (Fsp3) is 0. The van der Waals surface area contributed by atoms with E-state index in [0.29, 0.717) is 10.2 Å². The van der Waals surface area contributed by atoms with Gasteiger partial charge in [0.2, 0.25) is 0 Å². The first-order chi connectivity index (χ1) is 9.56. The summed E-state index contributed by atoms with van der Waals surface area (Å²) in [6.07, 6.45) is -0.725. The van der Waals surface area contributed by atoms with Crippen molar-refractivity contribution >= 4 is 33.4 Å². The van der Waals surface area contributed by atoms with Crippen LogP contribution in [0.15, 0.2) is 53.0 Å². The molecule has 0 atom stereocenters. The molecular formula is C13H9BrN2O4. The number of nitro benzene ring substituents is 1. The monoisotopic (exact) mass is 336 g/mol. The van der Waals surface area contributed by atoms with Crippen molar-refractivity contribution in [3.05, 3.63) is 63.1 Å². The third-order valence-electron chi connectivity index (χ3n) is 2.35. The lowest BCUT2D eigenvalue weighted by molar-refractivity contribution is -0.384. The highest BCUT2D eigenvalue weighted by Crippen LogP contribution is 2.27.